The quantitative estimate of drug-likeness (QED) is 0.934. The van der Waals surface area contributed by atoms with E-state index in [1.165, 1.54) is 7.11 Å². The number of methoxy groups -OCH3 is 2. The van der Waals surface area contributed by atoms with Gasteiger partial charge in [-0.15, -0.1) is 0 Å². The summed E-state index contributed by atoms with van der Waals surface area (Å²) in [5.74, 6) is 2.02. The SMILES string of the molecule is COc1ccc(OC)c(NC(=O)C2Oc3ccccc3OC2C)c1. The molecule has 0 radical (unpaired) electrons. The van der Waals surface area contributed by atoms with E-state index in [1.807, 2.05) is 18.2 Å². The first-order valence-corrected chi connectivity index (χ1v) is 7.57. The number of amides is 1. The smallest absolute Gasteiger partial charge is 0.269 e. The largest absolute Gasteiger partial charge is 0.497 e. The van der Waals surface area contributed by atoms with Crippen LogP contribution in [0.2, 0.25) is 0 Å². The Kier molecular flexibility index (Phi) is 4.46. The number of carbonyl (C=O) groups excluding carboxylic acids is 1. The van der Waals surface area contributed by atoms with E-state index in [0.717, 1.165) is 0 Å². The minimum absolute atomic E-state index is 0.316. The summed E-state index contributed by atoms with van der Waals surface area (Å²) in [6.45, 7) is 1.79. The van der Waals surface area contributed by atoms with Gasteiger partial charge in [-0.3, -0.25) is 4.79 Å². The molecule has 0 bridgehead atoms. The Morgan fingerprint density at radius 2 is 1.75 bits per heavy atom. The van der Waals surface area contributed by atoms with Crippen molar-refractivity contribution >= 4 is 11.6 Å². The average molecular weight is 329 g/mol. The van der Waals surface area contributed by atoms with Crippen LogP contribution in [0.5, 0.6) is 23.0 Å². The molecule has 2 unspecified atom stereocenters. The van der Waals surface area contributed by atoms with Crippen molar-refractivity contribution in [1.29, 1.82) is 0 Å². The maximum absolute atomic E-state index is 12.6. The lowest BCUT2D eigenvalue weighted by molar-refractivity contribution is -0.128. The topological polar surface area (TPSA) is 66.0 Å². The van der Waals surface area contributed by atoms with Crippen molar-refractivity contribution in [2.75, 3.05) is 19.5 Å². The fourth-order valence-electron chi connectivity index (χ4n) is 2.52. The number of benzene rings is 2. The highest BCUT2D eigenvalue weighted by atomic mass is 16.6. The van der Waals surface area contributed by atoms with Gasteiger partial charge < -0.3 is 24.3 Å². The van der Waals surface area contributed by atoms with Crippen molar-refractivity contribution in [2.24, 2.45) is 0 Å². The Hall–Kier alpha value is -2.89. The molecule has 126 valence electrons. The van der Waals surface area contributed by atoms with Crippen molar-refractivity contribution in [3.8, 4) is 23.0 Å². The number of hydrogen-bond donors (Lipinski definition) is 1. The normalized spacial score (nSPS) is 18.6. The van der Waals surface area contributed by atoms with E-state index < -0.39 is 12.2 Å². The van der Waals surface area contributed by atoms with Crippen LogP contribution in [0.4, 0.5) is 5.69 Å². The Morgan fingerprint density at radius 3 is 2.42 bits per heavy atom. The van der Waals surface area contributed by atoms with Crippen molar-refractivity contribution in [2.45, 2.75) is 19.1 Å². The van der Waals surface area contributed by atoms with E-state index in [0.29, 0.717) is 28.7 Å². The minimum Gasteiger partial charge on any atom is -0.497 e. The molecule has 2 atom stereocenters. The van der Waals surface area contributed by atoms with Crippen LogP contribution in [0.25, 0.3) is 0 Å². The minimum atomic E-state index is -0.768. The summed E-state index contributed by atoms with van der Waals surface area (Å²) in [5.41, 5.74) is 0.511. The molecule has 3 rings (SSSR count). The van der Waals surface area contributed by atoms with Gasteiger partial charge in [0.05, 0.1) is 19.9 Å². The Bertz CT molecular complexity index is 746. The highest BCUT2D eigenvalue weighted by Gasteiger charge is 2.34. The lowest BCUT2D eigenvalue weighted by atomic mass is 10.1. The zero-order chi connectivity index (χ0) is 17.1. The molecule has 0 aliphatic carbocycles. The lowest BCUT2D eigenvalue weighted by Gasteiger charge is -2.31. The van der Waals surface area contributed by atoms with Gasteiger partial charge in [-0.25, -0.2) is 0 Å². The summed E-state index contributed by atoms with van der Waals surface area (Å²) in [4.78, 5) is 12.6. The average Bonchev–Trinajstić information content (AvgIpc) is 2.60. The van der Waals surface area contributed by atoms with Crippen molar-refractivity contribution in [3.63, 3.8) is 0 Å². The molecule has 2 aromatic carbocycles. The molecule has 24 heavy (non-hydrogen) atoms. The second kappa shape index (κ2) is 6.70. The van der Waals surface area contributed by atoms with E-state index in [2.05, 4.69) is 5.32 Å². The molecule has 6 heteroatoms. The van der Waals surface area contributed by atoms with Crippen LogP contribution in [0.15, 0.2) is 42.5 Å². The molecule has 0 fully saturated rings. The number of nitrogens with one attached hydrogen (secondary N) is 1. The first kappa shape index (κ1) is 16.0. The molecule has 0 saturated heterocycles. The number of anilines is 1. The molecule has 1 aliphatic heterocycles. The molecule has 0 aromatic heterocycles. The molecule has 0 spiro atoms. The summed E-state index contributed by atoms with van der Waals surface area (Å²) < 4.78 is 22.0. The summed E-state index contributed by atoms with van der Waals surface area (Å²) >= 11 is 0. The van der Waals surface area contributed by atoms with Gasteiger partial charge in [0, 0.05) is 6.07 Å². The third kappa shape index (κ3) is 3.08. The standard InChI is InChI=1S/C18H19NO5/c1-11-17(24-16-7-5-4-6-15(16)23-11)18(20)19-13-10-12(21-2)8-9-14(13)22-3/h4-11,17H,1-3H3,(H,19,20). The molecule has 1 heterocycles. The molecule has 2 aromatic rings. The van der Waals surface area contributed by atoms with Crippen LogP contribution in [-0.4, -0.2) is 32.3 Å². The van der Waals surface area contributed by atoms with Crippen molar-refractivity contribution in [3.05, 3.63) is 42.5 Å². The predicted octanol–water partition coefficient (Wildman–Crippen LogP) is 2.87. The van der Waals surface area contributed by atoms with E-state index in [-0.39, 0.29) is 5.91 Å². The first-order valence-electron chi connectivity index (χ1n) is 7.57. The van der Waals surface area contributed by atoms with Gasteiger partial charge in [0.15, 0.2) is 11.5 Å². The summed E-state index contributed by atoms with van der Waals surface area (Å²) in [6.07, 6.45) is -1.19. The molecule has 1 N–H and O–H groups in total. The van der Waals surface area contributed by atoms with Crippen LogP contribution in [0.3, 0.4) is 0 Å². The second-order valence-electron chi connectivity index (χ2n) is 5.36. The summed E-state index contributed by atoms with van der Waals surface area (Å²) in [6, 6.07) is 12.4. The van der Waals surface area contributed by atoms with Crippen LogP contribution in [0.1, 0.15) is 6.92 Å². The molecule has 1 amide bonds. The van der Waals surface area contributed by atoms with Crippen LogP contribution < -0.4 is 24.3 Å². The van der Waals surface area contributed by atoms with Crippen molar-refractivity contribution in [1.82, 2.24) is 0 Å². The van der Waals surface area contributed by atoms with E-state index in [1.54, 1.807) is 38.3 Å². The zero-order valence-electron chi connectivity index (χ0n) is 13.7. The Labute approximate surface area is 140 Å². The van der Waals surface area contributed by atoms with E-state index >= 15 is 0 Å². The van der Waals surface area contributed by atoms with Gasteiger partial charge in [0.1, 0.15) is 17.6 Å². The number of carbonyl (C=O) groups is 1. The predicted molar refractivity (Wildman–Crippen MR) is 89.1 cm³/mol. The van der Waals surface area contributed by atoms with Gasteiger partial charge in [-0.2, -0.15) is 0 Å². The van der Waals surface area contributed by atoms with E-state index in [9.17, 15) is 4.79 Å². The number of rotatable bonds is 4. The molecule has 0 saturated carbocycles. The maximum atomic E-state index is 12.6. The molecule has 6 nitrogen and oxygen atoms in total. The van der Waals surface area contributed by atoms with Crippen molar-refractivity contribution < 1.29 is 23.7 Å². The Morgan fingerprint density at radius 1 is 1.04 bits per heavy atom. The lowest BCUT2D eigenvalue weighted by Crippen LogP contribution is -2.46. The van der Waals surface area contributed by atoms with Gasteiger partial charge in [-0.05, 0) is 31.2 Å². The molecular formula is C18H19NO5. The van der Waals surface area contributed by atoms with Crippen LogP contribution >= 0.6 is 0 Å². The van der Waals surface area contributed by atoms with E-state index in [4.69, 9.17) is 18.9 Å². The zero-order valence-corrected chi connectivity index (χ0v) is 13.7. The number of ether oxygens (including phenoxy) is 4. The highest BCUT2D eigenvalue weighted by molar-refractivity contribution is 5.96. The van der Waals surface area contributed by atoms with Gasteiger partial charge >= 0.3 is 0 Å². The fourth-order valence-corrected chi connectivity index (χ4v) is 2.52. The van der Waals surface area contributed by atoms with Gasteiger partial charge in [0.2, 0.25) is 6.10 Å². The van der Waals surface area contributed by atoms with Crippen LogP contribution in [0, 0.1) is 0 Å². The van der Waals surface area contributed by atoms with Gasteiger partial charge in [-0.1, -0.05) is 12.1 Å². The first-order chi connectivity index (χ1) is 11.6. The Balaban J connectivity index is 1.80. The third-order valence-corrected chi connectivity index (χ3v) is 3.77. The van der Waals surface area contributed by atoms with Gasteiger partial charge in [0.25, 0.3) is 5.91 Å². The summed E-state index contributed by atoms with van der Waals surface area (Å²) in [7, 11) is 3.10. The highest BCUT2D eigenvalue weighted by Crippen LogP contribution is 2.34. The fraction of sp³-hybridized carbons (Fsp3) is 0.278. The third-order valence-electron chi connectivity index (χ3n) is 3.77. The maximum Gasteiger partial charge on any atom is 0.269 e. The summed E-state index contributed by atoms with van der Waals surface area (Å²) in [5, 5.41) is 2.82. The molecular weight excluding hydrogens is 310 g/mol. The second-order valence-corrected chi connectivity index (χ2v) is 5.36. The van der Waals surface area contributed by atoms with Crippen LogP contribution in [-0.2, 0) is 4.79 Å². The monoisotopic (exact) mass is 329 g/mol. The molecule has 1 aliphatic rings. The number of fused-ring (bicyclic) bond motifs is 1. The number of para-hydroxylation sites is 2. The number of hydrogen-bond acceptors (Lipinski definition) is 5.